The minimum absolute atomic E-state index is 0.333. The molecular weight excluding hydrogens is 264 g/mol. The number of hydrogen-bond donors (Lipinski definition) is 1. The molecule has 2 rings (SSSR count). The standard InChI is InChI=1S/C12H21ClN6/c1-17(2)3-4-18-5-7-19(8-6-18)12-10(14)11(13)15-9-16-12/h9H,3-8,14H2,1-2H3. The highest BCUT2D eigenvalue weighted by atomic mass is 35.5. The maximum Gasteiger partial charge on any atom is 0.157 e. The van der Waals surface area contributed by atoms with Crippen molar-refractivity contribution in [1.82, 2.24) is 19.8 Å². The van der Waals surface area contributed by atoms with Crippen LogP contribution in [0.1, 0.15) is 0 Å². The minimum Gasteiger partial charge on any atom is -0.393 e. The molecule has 0 saturated carbocycles. The van der Waals surface area contributed by atoms with E-state index in [0.717, 1.165) is 45.1 Å². The van der Waals surface area contributed by atoms with E-state index in [1.807, 2.05) is 0 Å². The topological polar surface area (TPSA) is 61.5 Å². The van der Waals surface area contributed by atoms with E-state index in [9.17, 15) is 0 Å². The predicted molar refractivity (Wildman–Crippen MR) is 78.7 cm³/mol. The van der Waals surface area contributed by atoms with Crippen molar-refractivity contribution in [2.24, 2.45) is 0 Å². The van der Waals surface area contributed by atoms with Crippen LogP contribution in [-0.2, 0) is 0 Å². The fourth-order valence-electron chi connectivity index (χ4n) is 2.14. The summed E-state index contributed by atoms with van der Waals surface area (Å²) in [6, 6.07) is 0. The van der Waals surface area contributed by atoms with Crippen molar-refractivity contribution in [2.45, 2.75) is 0 Å². The third-order valence-electron chi connectivity index (χ3n) is 3.35. The summed E-state index contributed by atoms with van der Waals surface area (Å²) in [5, 5.41) is 0.333. The molecule has 0 amide bonds. The van der Waals surface area contributed by atoms with E-state index in [4.69, 9.17) is 17.3 Å². The molecular formula is C12H21ClN6. The van der Waals surface area contributed by atoms with Gasteiger partial charge in [-0.1, -0.05) is 11.6 Å². The van der Waals surface area contributed by atoms with Gasteiger partial charge in [-0.2, -0.15) is 0 Å². The second-order valence-electron chi connectivity index (χ2n) is 5.03. The molecule has 0 spiro atoms. The number of hydrogen-bond acceptors (Lipinski definition) is 6. The highest BCUT2D eigenvalue weighted by molar-refractivity contribution is 6.32. The summed E-state index contributed by atoms with van der Waals surface area (Å²) in [6.45, 7) is 6.07. The molecule has 1 saturated heterocycles. The zero-order chi connectivity index (χ0) is 13.8. The molecule has 0 bridgehead atoms. The predicted octanol–water partition coefficient (Wildman–Crippen LogP) is 0.396. The Morgan fingerprint density at radius 1 is 1.26 bits per heavy atom. The van der Waals surface area contributed by atoms with Crippen LogP contribution >= 0.6 is 11.6 Å². The molecule has 0 aliphatic carbocycles. The number of aromatic nitrogens is 2. The molecule has 2 heterocycles. The zero-order valence-corrected chi connectivity index (χ0v) is 12.3. The number of likely N-dealkylation sites (N-methyl/N-ethyl adjacent to an activating group) is 1. The van der Waals surface area contributed by atoms with Crippen molar-refractivity contribution in [2.75, 3.05) is 64.0 Å². The first-order valence-corrected chi connectivity index (χ1v) is 6.83. The van der Waals surface area contributed by atoms with Crippen molar-refractivity contribution in [1.29, 1.82) is 0 Å². The second-order valence-corrected chi connectivity index (χ2v) is 5.39. The third-order valence-corrected chi connectivity index (χ3v) is 3.65. The van der Waals surface area contributed by atoms with Crippen LogP contribution in [-0.4, -0.2) is 73.1 Å². The molecule has 0 atom stereocenters. The quantitative estimate of drug-likeness (QED) is 0.808. The molecule has 106 valence electrons. The fourth-order valence-corrected chi connectivity index (χ4v) is 2.27. The molecule has 1 aromatic heterocycles. The van der Waals surface area contributed by atoms with E-state index in [0.29, 0.717) is 10.8 Å². The van der Waals surface area contributed by atoms with Gasteiger partial charge in [-0.3, -0.25) is 4.90 Å². The van der Waals surface area contributed by atoms with Crippen LogP contribution in [0.5, 0.6) is 0 Å². The van der Waals surface area contributed by atoms with Crippen molar-refractivity contribution in [3.63, 3.8) is 0 Å². The molecule has 1 aliphatic rings. The van der Waals surface area contributed by atoms with Crippen molar-refractivity contribution >= 4 is 23.1 Å². The van der Waals surface area contributed by atoms with Gasteiger partial charge in [0.15, 0.2) is 11.0 Å². The van der Waals surface area contributed by atoms with E-state index >= 15 is 0 Å². The summed E-state index contributed by atoms with van der Waals surface area (Å²) in [6.07, 6.45) is 1.46. The van der Waals surface area contributed by atoms with E-state index in [1.165, 1.54) is 6.33 Å². The first kappa shape index (κ1) is 14.3. The molecule has 1 fully saturated rings. The molecule has 2 N–H and O–H groups in total. The van der Waals surface area contributed by atoms with E-state index in [-0.39, 0.29) is 0 Å². The SMILES string of the molecule is CN(C)CCN1CCN(c2ncnc(Cl)c2N)CC1. The molecule has 1 aromatic rings. The summed E-state index contributed by atoms with van der Waals surface area (Å²) >= 11 is 5.93. The average Bonchev–Trinajstić information content (AvgIpc) is 2.40. The molecule has 19 heavy (non-hydrogen) atoms. The van der Waals surface area contributed by atoms with Crippen LogP contribution in [0.2, 0.25) is 5.15 Å². The monoisotopic (exact) mass is 284 g/mol. The summed E-state index contributed by atoms with van der Waals surface area (Å²) in [4.78, 5) is 15.0. The van der Waals surface area contributed by atoms with Crippen molar-refractivity contribution in [3.05, 3.63) is 11.5 Å². The lowest BCUT2D eigenvalue weighted by Crippen LogP contribution is -2.48. The number of rotatable bonds is 4. The molecule has 1 aliphatic heterocycles. The zero-order valence-electron chi connectivity index (χ0n) is 11.5. The number of nitrogens with two attached hydrogens (primary N) is 1. The van der Waals surface area contributed by atoms with Gasteiger partial charge in [0.25, 0.3) is 0 Å². The van der Waals surface area contributed by atoms with Gasteiger partial charge < -0.3 is 15.5 Å². The third kappa shape index (κ3) is 3.68. The van der Waals surface area contributed by atoms with Crippen LogP contribution in [0.25, 0.3) is 0 Å². The number of nitrogen functional groups attached to an aromatic ring is 1. The fraction of sp³-hybridized carbons (Fsp3) is 0.667. The van der Waals surface area contributed by atoms with Gasteiger partial charge in [0.05, 0.1) is 0 Å². The van der Waals surface area contributed by atoms with Gasteiger partial charge in [0.1, 0.15) is 12.0 Å². The minimum atomic E-state index is 0.333. The van der Waals surface area contributed by atoms with Gasteiger partial charge in [-0.15, -0.1) is 0 Å². The van der Waals surface area contributed by atoms with Gasteiger partial charge in [0.2, 0.25) is 0 Å². The largest absolute Gasteiger partial charge is 0.393 e. The molecule has 0 aromatic carbocycles. The number of nitrogens with zero attached hydrogens (tertiary/aromatic N) is 5. The first-order valence-electron chi connectivity index (χ1n) is 6.46. The van der Waals surface area contributed by atoms with Crippen LogP contribution in [0, 0.1) is 0 Å². The van der Waals surface area contributed by atoms with Gasteiger partial charge >= 0.3 is 0 Å². The Balaban J connectivity index is 1.91. The Labute approximate surface area is 119 Å². The summed E-state index contributed by atoms with van der Waals surface area (Å²) in [5.41, 5.74) is 6.41. The molecule has 6 nitrogen and oxygen atoms in total. The van der Waals surface area contributed by atoms with E-state index in [1.54, 1.807) is 0 Å². The Kier molecular flexibility index (Phi) is 4.79. The number of anilines is 2. The second kappa shape index (κ2) is 6.36. The van der Waals surface area contributed by atoms with Gasteiger partial charge in [0, 0.05) is 39.3 Å². The smallest absolute Gasteiger partial charge is 0.157 e. The van der Waals surface area contributed by atoms with Crippen LogP contribution in [0.3, 0.4) is 0 Å². The van der Waals surface area contributed by atoms with Crippen molar-refractivity contribution < 1.29 is 0 Å². The Morgan fingerprint density at radius 2 is 1.95 bits per heavy atom. The normalized spacial score (nSPS) is 17.2. The van der Waals surface area contributed by atoms with Crippen LogP contribution in [0.15, 0.2) is 6.33 Å². The molecule has 7 heteroatoms. The Bertz CT molecular complexity index is 417. The average molecular weight is 285 g/mol. The lowest BCUT2D eigenvalue weighted by atomic mass is 10.3. The van der Waals surface area contributed by atoms with Gasteiger partial charge in [-0.05, 0) is 14.1 Å². The first-order chi connectivity index (χ1) is 9.08. The highest BCUT2D eigenvalue weighted by Gasteiger charge is 2.20. The van der Waals surface area contributed by atoms with Crippen molar-refractivity contribution in [3.8, 4) is 0 Å². The summed E-state index contributed by atoms with van der Waals surface area (Å²) in [5.74, 6) is 0.757. The lowest BCUT2D eigenvalue weighted by molar-refractivity contribution is 0.229. The number of halogens is 1. The Hall–Kier alpha value is -1.11. The maximum absolute atomic E-state index is 5.93. The van der Waals surface area contributed by atoms with Crippen LogP contribution < -0.4 is 10.6 Å². The van der Waals surface area contributed by atoms with Gasteiger partial charge in [-0.25, -0.2) is 9.97 Å². The Morgan fingerprint density at radius 3 is 2.58 bits per heavy atom. The highest BCUT2D eigenvalue weighted by Crippen LogP contribution is 2.26. The summed E-state index contributed by atoms with van der Waals surface area (Å²) in [7, 11) is 4.19. The van der Waals surface area contributed by atoms with E-state index in [2.05, 4.69) is 38.8 Å². The number of piperazine rings is 1. The molecule has 0 unspecified atom stereocenters. The molecule has 0 radical (unpaired) electrons. The summed E-state index contributed by atoms with van der Waals surface area (Å²) < 4.78 is 0. The lowest BCUT2D eigenvalue weighted by Gasteiger charge is -2.36. The van der Waals surface area contributed by atoms with Crippen LogP contribution in [0.4, 0.5) is 11.5 Å². The van der Waals surface area contributed by atoms with E-state index < -0.39 is 0 Å². The maximum atomic E-state index is 5.93.